The number of imide groups is 1. The van der Waals surface area contributed by atoms with Crippen LogP contribution in [-0.4, -0.2) is 60.1 Å². The first-order valence-electron chi connectivity index (χ1n) is 10.3. The number of nitrogens with zero attached hydrogens (tertiary/aromatic N) is 2. The van der Waals surface area contributed by atoms with Gasteiger partial charge in [-0.15, -0.1) is 0 Å². The first-order valence-corrected chi connectivity index (χ1v) is 11.8. The van der Waals surface area contributed by atoms with Crippen LogP contribution in [0.4, 0.5) is 10.5 Å². The minimum Gasteiger partial charge on any atom is -0.324 e. The van der Waals surface area contributed by atoms with Crippen LogP contribution in [0.25, 0.3) is 0 Å². The molecular formula is C20H26N4O5S. The van der Waals surface area contributed by atoms with Gasteiger partial charge < -0.3 is 10.6 Å². The molecule has 4 amide bonds. The molecule has 1 spiro atoms. The summed E-state index contributed by atoms with van der Waals surface area (Å²) in [6.45, 7) is 2.55. The lowest BCUT2D eigenvalue weighted by Crippen LogP contribution is -2.48. The summed E-state index contributed by atoms with van der Waals surface area (Å²) >= 11 is 0. The van der Waals surface area contributed by atoms with Crippen LogP contribution in [0.15, 0.2) is 29.2 Å². The molecule has 1 unspecified atom stereocenters. The van der Waals surface area contributed by atoms with E-state index in [1.54, 1.807) is 0 Å². The normalized spacial score (nSPS) is 22.5. The SMILES string of the molecule is CC(C(=O)Nc1ccc(S(=O)(=O)N2CCCC2)cc1)N1C(=O)NC2(CCCC2)C1=O. The van der Waals surface area contributed by atoms with Crippen molar-refractivity contribution in [3.63, 3.8) is 0 Å². The van der Waals surface area contributed by atoms with E-state index in [2.05, 4.69) is 10.6 Å². The van der Waals surface area contributed by atoms with Gasteiger partial charge in [0.15, 0.2) is 0 Å². The van der Waals surface area contributed by atoms with Gasteiger partial charge in [0.25, 0.3) is 5.91 Å². The third-order valence-corrected chi connectivity index (χ3v) is 8.15. The molecule has 2 saturated heterocycles. The standard InChI is InChI=1S/C20H26N4O5S/c1-14(24-18(26)20(22-19(24)27)10-2-3-11-20)17(25)21-15-6-8-16(9-7-15)30(28,29)23-12-4-5-13-23/h6-9,14H,2-5,10-13H2,1H3,(H,21,25)(H,22,27). The van der Waals surface area contributed by atoms with Gasteiger partial charge in [0.2, 0.25) is 15.9 Å². The largest absolute Gasteiger partial charge is 0.325 e. The van der Waals surface area contributed by atoms with Gasteiger partial charge in [-0.3, -0.25) is 9.59 Å². The Morgan fingerprint density at radius 1 is 1.07 bits per heavy atom. The summed E-state index contributed by atoms with van der Waals surface area (Å²) in [4.78, 5) is 39.0. The van der Waals surface area contributed by atoms with Crippen LogP contribution in [0.2, 0.25) is 0 Å². The molecule has 2 N–H and O–H groups in total. The summed E-state index contributed by atoms with van der Waals surface area (Å²) in [5.74, 6) is -0.858. The van der Waals surface area contributed by atoms with Gasteiger partial charge in [-0.05, 0) is 56.9 Å². The number of carbonyl (C=O) groups excluding carboxylic acids is 3. The number of nitrogens with one attached hydrogen (secondary N) is 2. The zero-order valence-corrected chi connectivity index (χ0v) is 17.7. The smallest absolute Gasteiger partial charge is 0.324 e. The lowest BCUT2D eigenvalue weighted by Gasteiger charge is -2.23. The lowest BCUT2D eigenvalue weighted by atomic mass is 9.97. The summed E-state index contributed by atoms with van der Waals surface area (Å²) in [5, 5.41) is 5.43. The molecule has 3 fully saturated rings. The molecule has 3 aliphatic rings. The van der Waals surface area contributed by atoms with Gasteiger partial charge in [-0.1, -0.05) is 12.8 Å². The second kappa shape index (κ2) is 7.66. The Kier molecular flexibility index (Phi) is 5.31. The summed E-state index contributed by atoms with van der Waals surface area (Å²) < 4.78 is 26.6. The Balaban J connectivity index is 1.43. The van der Waals surface area contributed by atoms with Gasteiger partial charge in [0, 0.05) is 18.8 Å². The number of urea groups is 1. The molecule has 0 bridgehead atoms. The van der Waals surface area contributed by atoms with E-state index in [-0.39, 0.29) is 10.8 Å². The number of anilines is 1. The first kappa shape index (κ1) is 20.8. The molecule has 10 heteroatoms. The third-order valence-electron chi connectivity index (χ3n) is 6.24. The topological polar surface area (TPSA) is 116 Å². The van der Waals surface area contributed by atoms with Crippen LogP contribution >= 0.6 is 0 Å². The molecule has 1 aromatic rings. The summed E-state index contributed by atoms with van der Waals surface area (Å²) in [6, 6.07) is 4.40. The van der Waals surface area contributed by atoms with Crippen LogP contribution in [0.5, 0.6) is 0 Å². The Hall–Kier alpha value is -2.46. The maximum absolute atomic E-state index is 12.8. The van der Waals surface area contributed by atoms with E-state index in [0.717, 1.165) is 30.6 Å². The van der Waals surface area contributed by atoms with Gasteiger partial charge in [-0.2, -0.15) is 4.31 Å². The Bertz CT molecular complexity index is 963. The zero-order chi connectivity index (χ0) is 21.5. The minimum absolute atomic E-state index is 0.174. The average Bonchev–Trinajstić information content (AvgIpc) is 3.45. The fourth-order valence-electron chi connectivity index (χ4n) is 4.46. The van der Waals surface area contributed by atoms with E-state index in [4.69, 9.17) is 0 Å². The molecule has 1 aliphatic carbocycles. The molecule has 9 nitrogen and oxygen atoms in total. The molecule has 0 radical (unpaired) electrons. The molecule has 4 rings (SSSR count). The first-order chi connectivity index (χ1) is 14.2. The highest BCUT2D eigenvalue weighted by atomic mass is 32.2. The number of sulfonamides is 1. The van der Waals surface area contributed by atoms with Gasteiger partial charge in [0.1, 0.15) is 11.6 Å². The Labute approximate surface area is 175 Å². The highest BCUT2D eigenvalue weighted by molar-refractivity contribution is 7.89. The molecule has 1 aromatic carbocycles. The molecule has 2 aliphatic heterocycles. The van der Waals surface area contributed by atoms with Crippen molar-refractivity contribution in [2.75, 3.05) is 18.4 Å². The second-order valence-corrected chi connectivity index (χ2v) is 10.1. The molecule has 30 heavy (non-hydrogen) atoms. The third kappa shape index (κ3) is 3.47. The number of hydrogen-bond donors (Lipinski definition) is 2. The van der Waals surface area contributed by atoms with E-state index in [1.807, 2.05) is 0 Å². The van der Waals surface area contributed by atoms with Crippen molar-refractivity contribution in [2.24, 2.45) is 0 Å². The average molecular weight is 435 g/mol. The Morgan fingerprint density at radius 2 is 1.67 bits per heavy atom. The van der Waals surface area contributed by atoms with E-state index in [0.29, 0.717) is 31.6 Å². The van der Waals surface area contributed by atoms with Crippen molar-refractivity contribution in [2.45, 2.75) is 61.9 Å². The summed E-state index contributed by atoms with van der Waals surface area (Å²) in [6.07, 6.45) is 4.63. The maximum atomic E-state index is 12.8. The molecular weight excluding hydrogens is 408 g/mol. The molecule has 2 heterocycles. The van der Waals surface area contributed by atoms with Crippen molar-refractivity contribution in [3.8, 4) is 0 Å². The quantitative estimate of drug-likeness (QED) is 0.684. The molecule has 0 aromatic heterocycles. The fraction of sp³-hybridized carbons (Fsp3) is 0.550. The van der Waals surface area contributed by atoms with Crippen LogP contribution < -0.4 is 10.6 Å². The van der Waals surface area contributed by atoms with Crippen LogP contribution in [0.3, 0.4) is 0 Å². The summed E-state index contributed by atoms with van der Waals surface area (Å²) in [5.41, 5.74) is -0.466. The lowest BCUT2D eigenvalue weighted by molar-refractivity contribution is -0.136. The van der Waals surface area contributed by atoms with Gasteiger partial charge in [0.05, 0.1) is 4.90 Å². The molecule has 1 atom stereocenters. The maximum Gasteiger partial charge on any atom is 0.325 e. The predicted molar refractivity (Wildman–Crippen MR) is 109 cm³/mol. The highest BCUT2D eigenvalue weighted by Crippen LogP contribution is 2.35. The molecule has 1 saturated carbocycles. The minimum atomic E-state index is -3.53. The van der Waals surface area contributed by atoms with Crippen LogP contribution in [0, 0.1) is 0 Å². The second-order valence-electron chi connectivity index (χ2n) is 8.20. The van der Waals surface area contributed by atoms with E-state index < -0.39 is 33.5 Å². The number of carbonyl (C=O) groups is 3. The van der Waals surface area contributed by atoms with E-state index >= 15 is 0 Å². The highest BCUT2D eigenvalue weighted by Gasteiger charge is 2.54. The van der Waals surface area contributed by atoms with Gasteiger partial charge in [-0.25, -0.2) is 18.1 Å². The molecule has 162 valence electrons. The summed E-state index contributed by atoms with van der Waals surface area (Å²) in [7, 11) is -3.53. The number of amides is 4. The van der Waals surface area contributed by atoms with E-state index in [1.165, 1.54) is 35.5 Å². The van der Waals surface area contributed by atoms with Gasteiger partial charge >= 0.3 is 6.03 Å². The van der Waals surface area contributed by atoms with E-state index in [9.17, 15) is 22.8 Å². The number of hydrogen-bond acceptors (Lipinski definition) is 5. The van der Waals surface area contributed by atoms with Crippen LogP contribution in [-0.2, 0) is 19.6 Å². The van der Waals surface area contributed by atoms with Crippen LogP contribution in [0.1, 0.15) is 45.4 Å². The zero-order valence-electron chi connectivity index (χ0n) is 16.9. The van der Waals surface area contributed by atoms with Crippen molar-refractivity contribution in [3.05, 3.63) is 24.3 Å². The number of rotatable bonds is 5. The monoisotopic (exact) mass is 434 g/mol. The fourth-order valence-corrected chi connectivity index (χ4v) is 5.98. The van der Waals surface area contributed by atoms with Crippen molar-refractivity contribution < 1.29 is 22.8 Å². The van der Waals surface area contributed by atoms with Crippen molar-refractivity contribution >= 4 is 33.6 Å². The number of benzene rings is 1. The van der Waals surface area contributed by atoms with Crippen molar-refractivity contribution in [1.29, 1.82) is 0 Å². The Morgan fingerprint density at radius 3 is 2.27 bits per heavy atom. The predicted octanol–water partition coefficient (Wildman–Crippen LogP) is 1.66. The van der Waals surface area contributed by atoms with Crippen molar-refractivity contribution in [1.82, 2.24) is 14.5 Å².